The highest BCUT2D eigenvalue weighted by Gasteiger charge is 2.38. The Bertz CT molecular complexity index is 439. The quantitative estimate of drug-likeness (QED) is 0.564. The fourth-order valence-corrected chi connectivity index (χ4v) is 2.32. The lowest BCUT2D eigenvalue weighted by molar-refractivity contribution is 0.0505. The minimum atomic E-state index is -4.57. The lowest BCUT2D eigenvalue weighted by Gasteiger charge is -2.42. The number of rotatable bonds is 2. The van der Waals surface area contributed by atoms with Crippen molar-refractivity contribution in [2.75, 3.05) is 6.54 Å². The van der Waals surface area contributed by atoms with Gasteiger partial charge in [0, 0.05) is 0 Å². The number of nitrogens with one attached hydrogen (secondary N) is 1. The topological polar surface area (TPSA) is 98.8 Å². The number of carbonyl (C=O) groups excluding carboxylic acids is 1. The van der Waals surface area contributed by atoms with Crippen LogP contribution in [0.5, 0.6) is 0 Å². The molecule has 98 valence electrons. The second-order valence-corrected chi connectivity index (χ2v) is 6.24. The van der Waals surface area contributed by atoms with E-state index in [1.165, 1.54) is 0 Å². The summed E-state index contributed by atoms with van der Waals surface area (Å²) in [5, 5.41) is 2.38. The Morgan fingerprint density at radius 2 is 2.12 bits per heavy atom. The lowest BCUT2D eigenvalue weighted by Crippen LogP contribution is -2.64. The normalized spacial score (nSPS) is 20.8. The maximum atomic E-state index is 11.3. The Hall–Kier alpha value is -0.930. The van der Waals surface area contributed by atoms with E-state index in [1.807, 2.05) is 0 Å². The number of hydrogen-bond acceptors (Lipinski definition) is 6. The van der Waals surface area contributed by atoms with E-state index < -0.39 is 28.0 Å². The molecule has 0 radical (unpaired) electrons. The number of nitrogens with zero attached hydrogens (tertiary/aromatic N) is 1. The van der Waals surface area contributed by atoms with Crippen LogP contribution in [-0.2, 0) is 15.0 Å². The van der Waals surface area contributed by atoms with Crippen molar-refractivity contribution >= 4 is 33.6 Å². The van der Waals surface area contributed by atoms with Gasteiger partial charge in [-0.3, -0.25) is 4.31 Å². The van der Waals surface area contributed by atoms with Crippen LogP contribution in [0.4, 0.5) is 4.79 Å². The summed E-state index contributed by atoms with van der Waals surface area (Å²) in [5.41, 5.74) is -0.653. The van der Waals surface area contributed by atoms with Crippen LogP contribution in [-0.4, -0.2) is 46.5 Å². The van der Waals surface area contributed by atoms with Gasteiger partial charge in [0.1, 0.15) is 16.6 Å². The molecule has 7 nitrogen and oxygen atoms in total. The van der Waals surface area contributed by atoms with Crippen LogP contribution in [0.1, 0.15) is 20.8 Å². The van der Waals surface area contributed by atoms with E-state index >= 15 is 0 Å². The van der Waals surface area contributed by atoms with Crippen LogP contribution >= 0.6 is 12.2 Å². The number of alkyl carbamates (subject to hydrolysis) is 1. The predicted molar refractivity (Wildman–Crippen MR) is 62.2 cm³/mol. The first kappa shape index (κ1) is 14.1. The van der Waals surface area contributed by atoms with Crippen LogP contribution < -0.4 is 5.32 Å². The van der Waals surface area contributed by atoms with Gasteiger partial charge in [-0.25, -0.2) is 13.2 Å². The molecule has 9 heteroatoms. The van der Waals surface area contributed by atoms with Gasteiger partial charge in [0.05, 0.1) is 6.54 Å². The molecule has 1 atom stereocenters. The second kappa shape index (κ2) is 4.39. The van der Waals surface area contributed by atoms with Crippen molar-refractivity contribution in [3.05, 3.63) is 0 Å². The molecule has 1 unspecified atom stereocenters. The van der Waals surface area contributed by atoms with Crippen LogP contribution in [0.15, 0.2) is 0 Å². The molecule has 1 amide bonds. The molecule has 0 aliphatic carbocycles. The molecule has 0 spiro atoms. The first-order valence-electron chi connectivity index (χ1n) is 4.77. The van der Waals surface area contributed by atoms with Crippen LogP contribution in [0, 0.1) is 0 Å². The average molecular weight is 281 g/mol. The maximum absolute atomic E-state index is 11.3. The number of ether oxygens (including phenoxy) is 1. The summed E-state index contributed by atoms with van der Waals surface area (Å²) in [7, 11) is -4.57. The monoisotopic (exact) mass is 281 g/mol. The summed E-state index contributed by atoms with van der Waals surface area (Å²) in [4.78, 5) is 11.2. The van der Waals surface area contributed by atoms with Crippen molar-refractivity contribution in [1.82, 2.24) is 9.62 Å². The highest BCUT2D eigenvalue weighted by molar-refractivity contribution is 7.87. The molecule has 1 heterocycles. The van der Waals surface area contributed by atoms with Gasteiger partial charge >= 0.3 is 6.09 Å². The van der Waals surface area contributed by atoms with E-state index in [1.54, 1.807) is 20.8 Å². The lowest BCUT2D eigenvalue weighted by atomic mass is 10.2. The molecule has 0 bridgehead atoms. The summed E-state index contributed by atoms with van der Waals surface area (Å²) < 4.78 is 37.3. The van der Waals surface area contributed by atoms with Crippen molar-refractivity contribution in [2.45, 2.75) is 32.4 Å². The summed E-state index contributed by atoms with van der Waals surface area (Å²) in [6.07, 6.45) is -0.701. The third-order valence-electron chi connectivity index (χ3n) is 1.85. The molecule has 17 heavy (non-hydrogen) atoms. The first-order valence-corrected chi connectivity index (χ1v) is 6.55. The standard InChI is InChI=1S/C8H14N2O5S2/c1-8(2,3)15-7(11)9-5-4-10(6(5)16)17(12,13)14/h5H,4H2,1-3H3,(H,9,11)(H,12,13,14)/p-1. The summed E-state index contributed by atoms with van der Waals surface area (Å²) in [6.45, 7) is 4.93. The van der Waals surface area contributed by atoms with Gasteiger partial charge in [-0.2, -0.15) is 0 Å². The van der Waals surface area contributed by atoms with Gasteiger partial charge in [-0.05, 0) is 20.8 Å². The number of amides is 1. The Morgan fingerprint density at radius 1 is 1.59 bits per heavy atom. The molecule has 1 rings (SSSR count). The van der Waals surface area contributed by atoms with E-state index in [2.05, 4.69) is 5.32 Å². The zero-order valence-corrected chi connectivity index (χ0v) is 11.2. The molecule has 0 aromatic rings. The smallest absolute Gasteiger partial charge is 0.408 e. The molecular weight excluding hydrogens is 268 g/mol. The van der Waals surface area contributed by atoms with E-state index in [-0.39, 0.29) is 11.5 Å². The highest BCUT2D eigenvalue weighted by Crippen LogP contribution is 2.16. The van der Waals surface area contributed by atoms with Gasteiger partial charge in [0.2, 0.25) is 0 Å². The molecule has 1 aliphatic rings. The van der Waals surface area contributed by atoms with Gasteiger partial charge in [-0.15, -0.1) is 0 Å². The zero-order chi connectivity index (χ0) is 13.4. The van der Waals surface area contributed by atoms with E-state index in [9.17, 15) is 17.8 Å². The Kier molecular flexibility index (Phi) is 3.65. The Balaban J connectivity index is 2.48. The number of thiocarbonyl (C=S) groups is 1. The van der Waals surface area contributed by atoms with Crippen LogP contribution in [0.25, 0.3) is 0 Å². The van der Waals surface area contributed by atoms with E-state index in [4.69, 9.17) is 17.0 Å². The van der Waals surface area contributed by atoms with Gasteiger partial charge < -0.3 is 14.6 Å². The fourth-order valence-electron chi connectivity index (χ4n) is 1.15. The van der Waals surface area contributed by atoms with Gasteiger partial charge in [0.15, 0.2) is 10.3 Å². The second-order valence-electron chi connectivity index (χ2n) is 4.53. The number of carbonyl (C=O) groups is 1. The van der Waals surface area contributed by atoms with Crippen molar-refractivity contribution < 1.29 is 22.5 Å². The van der Waals surface area contributed by atoms with Crippen molar-refractivity contribution in [3.63, 3.8) is 0 Å². The van der Waals surface area contributed by atoms with Crippen LogP contribution in [0.3, 0.4) is 0 Å². The Morgan fingerprint density at radius 3 is 2.47 bits per heavy atom. The summed E-state index contributed by atoms with van der Waals surface area (Å²) >= 11 is 4.71. The van der Waals surface area contributed by atoms with E-state index in [0.717, 1.165) is 0 Å². The zero-order valence-electron chi connectivity index (χ0n) is 9.59. The fraction of sp³-hybridized carbons (Fsp3) is 0.750. The minimum absolute atomic E-state index is 0.120. The van der Waals surface area contributed by atoms with Gasteiger partial charge in [-0.1, -0.05) is 12.2 Å². The van der Waals surface area contributed by atoms with Gasteiger partial charge in [0.25, 0.3) is 0 Å². The molecule has 0 aromatic heterocycles. The predicted octanol–water partition coefficient (Wildman–Crippen LogP) is -0.0171. The molecule has 0 saturated carbocycles. The minimum Gasteiger partial charge on any atom is -0.731 e. The summed E-state index contributed by atoms with van der Waals surface area (Å²) in [6, 6.07) is -0.649. The van der Waals surface area contributed by atoms with E-state index in [0.29, 0.717) is 4.31 Å². The molecule has 1 fully saturated rings. The molecule has 1 saturated heterocycles. The molecular formula is C8H13N2O5S2-. The Labute approximate surface area is 105 Å². The third kappa shape index (κ3) is 3.79. The van der Waals surface area contributed by atoms with Crippen molar-refractivity contribution in [3.8, 4) is 0 Å². The van der Waals surface area contributed by atoms with Crippen molar-refractivity contribution in [1.29, 1.82) is 0 Å². The number of hydrogen-bond donors (Lipinski definition) is 1. The van der Waals surface area contributed by atoms with Crippen molar-refractivity contribution in [2.24, 2.45) is 0 Å². The molecule has 1 aliphatic heterocycles. The largest absolute Gasteiger partial charge is 0.731 e. The van der Waals surface area contributed by atoms with Crippen LogP contribution in [0.2, 0.25) is 0 Å². The highest BCUT2D eigenvalue weighted by atomic mass is 32.2. The SMILES string of the molecule is CC(C)(C)OC(=O)NC1CN(S(=O)(=O)[O-])C1=S. The third-order valence-corrected chi connectivity index (χ3v) is 3.36. The average Bonchev–Trinajstić information content (AvgIpc) is 2.05. The maximum Gasteiger partial charge on any atom is 0.408 e. The first-order chi connectivity index (χ1) is 7.50. The molecule has 1 N–H and O–H groups in total. The summed E-state index contributed by atoms with van der Waals surface area (Å²) in [5.74, 6) is 0. The molecule has 0 aromatic carbocycles.